The zero-order valence-corrected chi connectivity index (χ0v) is 20.1. The summed E-state index contributed by atoms with van der Waals surface area (Å²) in [7, 11) is 3.17. The molecular weight excluding hydrogens is 408 g/mol. The van der Waals surface area contributed by atoms with Crippen molar-refractivity contribution in [1.29, 1.82) is 0 Å². The van der Waals surface area contributed by atoms with Gasteiger partial charge in [0.25, 0.3) is 0 Å². The third kappa shape index (κ3) is 5.23. The Bertz CT molecular complexity index is 973. The summed E-state index contributed by atoms with van der Waals surface area (Å²) in [6, 6.07) is 8.35. The topological polar surface area (TPSA) is 76.9 Å². The van der Waals surface area contributed by atoms with Crippen LogP contribution in [0.1, 0.15) is 57.4 Å². The molecule has 3 rings (SSSR count). The van der Waals surface area contributed by atoms with Gasteiger partial charge in [-0.2, -0.15) is 0 Å². The molecule has 1 aliphatic heterocycles. The lowest BCUT2D eigenvalue weighted by Gasteiger charge is -2.31. The normalized spacial score (nSPS) is 13.7. The highest BCUT2D eigenvalue weighted by atomic mass is 16.6. The Balaban J connectivity index is 1.98. The van der Waals surface area contributed by atoms with Gasteiger partial charge in [0.1, 0.15) is 12.1 Å². The SMILES string of the molecule is COC(=O)CN(C)c1nn(-c2ccc(C(C)C)cc2)c2c1CN(C(=O)OC(C)(C)C)CC2. The van der Waals surface area contributed by atoms with Crippen LogP contribution in [0.2, 0.25) is 0 Å². The van der Waals surface area contributed by atoms with Gasteiger partial charge in [0.05, 0.1) is 25.0 Å². The van der Waals surface area contributed by atoms with Crippen LogP contribution in [0.3, 0.4) is 0 Å². The molecule has 32 heavy (non-hydrogen) atoms. The van der Waals surface area contributed by atoms with E-state index >= 15 is 0 Å². The van der Waals surface area contributed by atoms with Gasteiger partial charge in [-0.3, -0.25) is 4.79 Å². The Morgan fingerprint density at radius 3 is 2.41 bits per heavy atom. The van der Waals surface area contributed by atoms with E-state index in [0.29, 0.717) is 31.2 Å². The van der Waals surface area contributed by atoms with Gasteiger partial charge in [0, 0.05) is 25.6 Å². The summed E-state index contributed by atoms with van der Waals surface area (Å²) < 4.78 is 12.3. The number of anilines is 1. The largest absolute Gasteiger partial charge is 0.468 e. The van der Waals surface area contributed by atoms with Crippen molar-refractivity contribution in [1.82, 2.24) is 14.7 Å². The fourth-order valence-electron chi connectivity index (χ4n) is 3.74. The first-order valence-electron chi connectivity index (χ1n) is 11.0. The molecule has 0 bridgehead atoms. The first kappa shape index (κ1) is 23.6. The number of esters is 1. The van der Waals surface area contributed by atoms with Crippen molar-refractivity contribution in [2.24, 2.45) is 0 Å². The van der Waals surface area contributed by atoms with Crippen LogP contribution in [0.25, 0.3) is 5.69 Å². The lowest BCUT2D eigenvalue weighted by Crippen LogP contribution is -2.40. The third-order valence-corrected chi connectivity index (χ3v) is 5.45. The molecule has 1 aliphatic rings. The van der Waals surface area contributed by atoms with Crippen LogP contribution in [-0.4, -0.2) is 59.6 Å². The lowest BCUT2D eigenvalue weighted by molar-refractivity contribution is -0.138. The molecule has 0 saturated carbocycles. The van der Waals surface area contributed by atoms with E-state index in [2.05, 4.69) is 38.1 Å². The Morgan fingerprint density at radius 1 is 1.19 bits per heavy atom. The maximum absolute atomic E-state index is 12.7. The first-order valence-corrected chi connectivity index (χ1v) is 11.0. The van der Waals surface area contributed by atoms with E-state index in [1.54, 1.807) is 16.8 Å². The molecular formula is C24H34N4O4. The fourth-order valence-corrected chi connectivity index (χ4v) is 3.74. The number of ether oxygens (including phenoxy) is 2. The molecule has 1 aromatic carbocycles. The number of hydrogen-bond donors (Lipinski definition) is 0. The number of nitrogens with zero attached hydrogens (tertiary/aromatic N) is 4. The van der Waals surface area contributed by atoms with E-state index in [4.69, 9.17) is 14.6 Å². The smallest absolute Gasteiger partial charge is 0.410 e. The number of aromatic nitrogens is 2. The van der Waals surface area contributed by atoms with Crippen molar-refractivity contribution in [3.8, 4) is 5.69 Å². The fraction of sp³-hybridized carbons (Fsp3) is 0.542. The summed E-state index contributed by atoms with van der Waals surface area (Å²) in [5.74, 6) is 0.753. The minimum atomic E-state index is -0.565. The second-order valence-corrected chi connectivity index (χ2v) is 9.49. The first-order chi connectivity index (χ1) is 15.0. The molecule has 0 radical (unpaired) electrons. The maximum atomic E-state index is 12.7. The highest BCUT2D eigenvalue weighted by Gasteiger charge is 2.32. The standard InChI is InChI=1S/C24H34N4O4/c1-16(2)17-8-10-18(11-9-17)28-20-12-13-27(23(30)32-24(3,4)5)14-19(20)22(25-28)26(6)15-21(29)31-7/h8-11,16H,12-15H2,1-7H3. The van der Waals surface area contributed by atoms with Gasteiger partial charge in [0.2, 0.25) is 0 Å². The quantitative estimate of drug-likeness (QED) is 0.654. The third-order valence-electron chi connectivity index (χ3n) is 5.45. The van der Waals surface area contributed by atoms with E-state index < -0.39 is 5.60 Å². The number of carbonyl (C=O) groups excluding carboxylic acids is 2. The van der Waals surface area contributed by atoms with Crippen LogP contribution in [-0.2, 0) is 27.2 Å². The summed E-state index contributed by atoms with van der Waals surface area (Å²) in [5, 5.41) is 4.85. The van der Waals surface area contributed by atoms with Crippen LogP contribution in [0.15, 0.2) is 24.3 Å². The summed E-state index contributed by atoms with van der Waals surface area (Å²) in [6.07, 6.45) is 0.290. The second kappa shape index (κ2) is 9.22. The Hall–Kier alpha value is -3.03. The highest BCUT2D eigenvalue weighted by molar-refractivity contribution is 5.76. The summed E-state index contributed by atoms with van der Waals surface area (Å²) in [4.78, 5) is 28.0. The lowest BCUT2D eigenvalue weighted by atomic mass is 10.0. The van der Waals surface area contributed by atoms with E-state index in [1.165, 1.54) is 12.7 Å². The number of carbonyl (C=O) groups is 2. The molecule has 0 fully saturated rings. The van der Waals surface area contributed by atoms with Gasteiger partial charge in [0.15, 0.2) is 5.82 Å². The maximum Gasteiger partial charge on any atom is 0.410 e. The molecule has 8 nitrogen and oxygen atoms in total. The van der Waals surface area contributed by atoms with Gasteiger partial charge in [-0.15, -0.1) is 5.10 Å². The molecule has 0 unspecified atom stereocenters. The molecule has 2 aromatic rings. The van der Waals surface area contributed by atoms with Gasteiger partial charge < -0.3 is 19.3 Å². The van der Waals surface area contributed by atoms with Crippen molar-refractivity contribution in [3.05, 3.63) is 41.1 Å². The van der Waals surface area contributed by atoms with Crippen LogP contribution in [0, 0.1) is 0 Å². The van der Waals surface area contributed by atoms with Gasteiger partial charge in [-0.1, -0.05) is 26.0 Å². The Labute approximate surface area is 190 Å². The van der Waals surface area contributed by atoms with Crippen LogP contribution in [0.4, 0.5) is 10.6 Å². The number of fused-ring (bicyclic) bond motifs is 1. The molecule has 1 amide bonds. The van der Waals surface area contributed by atoms with Crippen molar-refractivity contribution in [3.63, 3.8) is 0 Å². The van der Waals surface area contributed by atoms with Crippen molar-refractivity contribution in [2.75, 3.05) is 32.1 Å². The average Bonchev–Trinajstić information content (AvgIpc) is 3.11. The average molecular weight is 443 g/mol. The minimum Gasteiger partial charge on any atom is -0.468 e. The van der Waals surface area contributed by atoms with E-state index in [9.17, 15) is 9.59 Å². The van der Waals surface area contributed by atoms with E-state index in [-0.39, 0.29) is 18.6 Å². The number of hydrogen-bond acceptors (Lipinski definition) is 6. The highest BCUT2D eigenvalue weighted by Crippen LogP contribution is 2.31. The Morgan fingerprint density at radius 2 is 1.84 bits per heavy atom. The van der Waals surface area contributed by atoms with Gasteiger partial charge in [-0.25, -0.2) is 9.48 Å². The number of benzene rings is 1. The van der Waals surface area contributed by atoms with Crippen LogP contribution >= 0.6 is 0 Å². The summed E-state index contributed by atoms with van der Waals surface area (Å²) in [5.41, 5.74) is 3.60. The second-order valence-electron chi connectivity index (χ2n) is 9.49. The molecule has 2 heterocycles. The van der Waals surface area contributed by atoms with E-state index in [1.807, 2.05) is 25.5 Å². The predicted octanol–water partition coefficient (Wildman–Crippen LogP) is 3.90. The zero-order valence-electron chi connectivity index (χ0n) is 20.1. The number of methoxy groups -OCH3 is 1. The number of likely N-dealkylation sites (N-methyl/N-ethyl adjacent to an activating group) is 1. The molecule has 0 N–H and O–H groups in total. The van der Waals surface area contributed by atoms with Crippen molar-refractivity contribution < 1.29 is 19.1 Å². The summed E-state index contributed by atoms with van der Waals surface area (Å²) >= 11 is 0. The molecule has 0 atom stereocenters. The molecule has 0 saturated heterocycles. The number of amides is 1. The Kier molecular flexibility index (Phi) is 6.81. The van der Waals surface area contributed by atoms with Gasteiger partial charge in [-0.05, 0) is 44.4 Å². The minimum absolute atomic E-state index is 0.0681. The monoisotopic (exact) mass is 442 g/mol. The molecule has 0 spiro atoms. The van der Waals surface area contributed by atoms with E-state index in [0.717, 1.165) is 16.9 Å². The van der Waals surface area contributed by atoms with Crippen molar-refractivity contribution in [2.45, 2.75) is 59.1 Å². The van der Waals surface area contributed by atoms with Crippen molar-refractivity contribution >= 4 is 17.9 Å². The predicted molar refractivity (Wildman–Crippen MR) is 123 cm³/mol. The molecule has 174 valence electrons. The summed E-state index contributed by atoms with van der Waals surface area (Å²) in [6.45, 7) is 10.9. The zero-order chi connectivity index (χ0) is 23.6. The number of rotatable bonds is 5. The molecule has 0 aliphatic carbocycles. The van der Waals surface area contributed by atoms with Gasteiger partial charge >= 0.3 is 12.1 Å². The van der Waals surface area contributed by atoms with Crippen LogP contribution in [0.5, 0.6) is 0 Å². The molecule has 8 heteroatoms. The van der Waals surface area contributed by atoms with Crippen LogP contribution < -0.4 is 4.90 Å². The molecule has 1 aromatic heterocycles.